The van der Waals surface area contributed by atoms with Crippen LogP contribution < -0.4 is 0 Å². The van der Waals surface area contributed by atoms with Crippen molar-refractivity contribution in [1.29, 1.82) is 5.26 Å². The van der Waals surface area contributed by atoms with Gasteiger partial charge in [0.05, 0.1) is 4.91 Å². The van der Waals surface area contributed by atoms with Crippen LogP contribution in [0.2, 0.25) is 0 Å². The summed E-state index contributed by atoms with van der Waals surface area (Å²) in [5.74, 6) is 0.845. The van der Waals surface area contributed by atoms with E-state index in [0.29, 0.717) is 0 Å². The van der Waals surface area contributed by atoms with Crippen LogP contribution in [-0.4, -0.2) is 18.0 Å². The van der Waals surface area contributed by atoms with Gasteiger partial charge in [0.25, 0.3) is 0 Å². The molecule has 1 fully saturated rings. The maximum atomic E-state index is 9.15. The van der Waals surface area contributed by atoms with Gasteiger partial charge in [-0.25, -0.2) is 0 Å². The zero-order valence-electron chi connectivity index (χ0n) is 11.7. The average Bonchev–Trinajstić information content (AvgIpc) is 2.52. The Labute approximate surface area is 125 Å². The number of hydrogen-bond acceptors (Lipinski definition) is 3. The van der Waals surface area contributed by atoms with Crippen molar-refractivity contribution in [3.05, 3.63) is 59.2 Å². The van der Waals surface area contributed by atoms with E-state index in [1.165, 1.54) is 24.8 Å². The largest absolute Gasteiger partial charge is 0.377 e. The van der Waals surface area contributed by atoms with E-state index in [0.717, 1.165) is 23.7 Å². The fourth-order valence-electron chi connectivity index (χ4n) is 2.17. The first kappa shape index (κ1) is 14.7. The first-order valence-electron chi connectivity index (χ1n) is 7.08. The first-order chi connectivity index (χ1) is 9.88. The number of allylic oxidation sites excluding steroid dienone is 3. The third-order valence-corrected chi connectivity index (χ3v) is 4.30. The van der Waals surface area contributed by atoms with Gasteiger partial charge in [0.2, 0.25) is 0 Å². The highest BCUT2D eigenvalue weighted by atomic mass is 32.2. The SMILES string of the molecule is N#C/C(=C/C=C\N1CCCCC1)SCc1ccccc1. The summed E-state index contributed by atoms with van der Waals surface area (Å²) in [7, 11) is 0. The molecule has 1 aliphatic heterocycles. The van der Waals surface area contributed by atoms with Crippen molar-refractivity contribution in [2.75, 3.05) is 13.1 Å². The Hall–Kier alpha value is -1.66. The lowest BCUT2D eigenvalue weighted by Crippen LogP contribution is -2.23. The average molecular weight is 284 g/mol. The molecule has 0 saturated carbocycles. The molecule has 0 N–H and O–H groups in total. The van der Waals surface area contributed by atoms with Crippen LogP contribution in [-0.2, 0) is 5.75 Å². The summed E-state index contributed by atoms with van der Waals surface area (Å²) in [4.78, 5) is 3.10. The predicted octanol–water partition coefficient (Wildman–Crippen LogP) is 4.33. The van der Waals surface area contributed by atoms with Crippen LogP contribution in [0.15, 0.2) is 53.6 Å². The Morgan fingerprint density at radius 3 is 2.65 bits per heavy atom. The van der Waals surface area contributed by atoms with E-state index in [2.05, 4.69) is 29.3 Å². The van der Waals surface area contributed by atoms with Crippen LogP contribution in [0.25, 0.3) is 0 Å². The van der Waals surface area contributed by atoms with E-state index in [9.17, 15) is 0 Å². The summed E-state index contributed by atoms with van der Waals surface area (Å²) in [5, 5.41) is 9.15. The highest BCUT2D eigenvalue weighted by molar-refractivity contribution is 8.02. The second-order valence-corrected chi connectivity index (χ2v) is 5.87. The summed E-state index contributed by atoms with van der Waals surface area (Å²) < 4.78 is 0. The number of benzene rings is 1. The molecular formula is C17H20N2S. The van der Waals surface area contributed by atoms with Gasteiger partial charge in [-0.15, -0.1) is 11.8 Å². The Morgan fingerprint density at radius 2 is 1.95 bits per heavy atom. The van der Waals surface area contributed by atoms with E-state index in [-0.39, 0.29) is 0 Å². The minimum absolute atomic E-state index is 0.766. The zero-order valence-corrected chi connectivity index (χ0v) is 12.5. The fraction of sp³-hybridized carbons (Fsp3) is 0.353. The molecule has 1 aliphatic rings. The van der Waals surface area contributed by atoms with Gasteiger partial charge in [0.15, 0.2) is 0 Å². The van der Waals surface area contributed by atoms with E-state index >= 15 is 0 Å². The van der Waals surface area contributed by atoms with Crippen molar-refractivity contribution in [3.8, 4) is 6.07 Å². The van der Waals surface area contributed by atoms with Crippen molar-refractivity contribution in [2.45, 2.75) is 25.0 Å². The summed E-state index contributed by atoms with van der Waals surface area (Å²) in [5.41, 5.74) is 1.25. The minimum Gasteiger partial charge on any atom is -0.377 e. The van der Waals surface area contributed by atoms with Gasteiger partial charge in [-0.2, -0.15) is 5.26 Å². The molecule has 0 aromatic heterocycles. The summed E-state index contributed by atoms with van der Waals surface area (Å²) >= 11 is 1.59. The van der Waals surface area contributed by atoms with Crippen LogP contribution in [0, 0.1) is 11.3 Å². The fourth-order valence-corrected chi connectivity index (χ4v) is 2.93. The Morgan fingerprint density at radius 1 is 1.20 bits per heavy atom. The standard InChI is InChI=1S/C17H20N2S/c18-14-17(20-15-16-8-3-1-4-9-16)10-7-13-19-11-5-2-6-12-19/h1,3-4,7-10,13H,2,5-6,11-12,15H2/b13-7-,17-10-. The Bertz CT molecular complexity index is 493. The summed E-state index contributed by atoms with van der Waals surface area (Å²) in [6.45, 7) is 2.28. The number of rotatable bonds is 5. The van der Waals surface area contributed by atoms with Crippen molar-refractivity contribution in [2.24, 2.45) is 0 Å². The van der Waals surface area contributed by atoms with Crippen LogP contribution in [0.1, 0.15) is 24.8 Å². The van der Waals surface area contributed by atoms with Crippen molar-refractivity contribution in [1.82, 2.24) is 4.90 Å². The molecule has 2 rings (SSSR count). The van der Waals surface area contributed by atoms with Crippen LogP contribution >= 0.6 is 11.8 Å². The number of thioether (sulfide) groups is 1. The number of piperidine rings is 1. The van der Waals surface area contributed by atoms with Crippen molar-refractivity contribution < 1.29 is 0 Å². The molecule has 0 radical (unpaired) electrons. The number of nitriles is 1. The molecule has 0 spiro atoms. The number of hydrogen-bond donors (Lipinski definition) is 0. The van der Waals surface area contributed by atoms with Gasteiger partial charge in [-0.3, -0.25) is 0 Å². The molecule has 1 aromatic carbocycles. The molecule has 0 amide bonds. The van der Waals surface area contributed by atoms with Crippen LogP contribution in [0.5, 0.6) is 0 Å². The molecule has 104 valence electrons. The molecule has 1 saturated heterocycles. The Balaban J connectivity index is 1.83. The smallest absolute Gasteiger partial charge is 0.106 e. The molecular weight excluding hydrogens is 264 g/mol. The number of likely N-dealkylation sites (tertiary alicyclic amines) is 1. The topological polar surface area (TPSA) is 27.0 Å². The molecule has 1 aromatic rings. The normalized spacial score (nSPS) is 16.4. The van der Waals surface area contributed by atoms with Gasteiger partial charge >= 0.3 is 0 Å². The Kier molecular flexibility index (Phi) is 6.26. The molecule has 0 aliphatic carbocycles. The zero-order chi connectivity index (χ0) is 14.0. The minimum atomic E-state index is 0.766. The second-order valence-electron chi connectivity index (χ2n) is 4.86. The maximum absolute atomic E-state index is 9.15. The van der Waals surface area contributed by atoms with Gasteiger partial charge < -0.3 is 4.90 Å². The van der Waals surface area contributed by atoms with Crippen LogP contribution in [0.4, 0.5) is 0 Å². The highest BCUT2D eigenvalue weighted by Gasteiger charge is 2.04. The molecule has 0 unspecified atom stereocenters. The molecule has 0 bridgehead atoms. The predicted molar refractivity (Wildman–Crippen MR) is 86.0 cm³/mol. The van der Waals surface area contributed by atoms with Crippen molar-refractivity contribution >= 4 is 11.8 Å². The number of nitrogens with zero attached hydrogens (tertiary/aromatic N) is 2. The van der Waals surface area contributed by atoms with E-state index < -0.39 is 0 Å². The monoisotopic (exact) mass is 284 g/mol. The quantitative estimate of drug-likeness (QED) is 0.595. The van der Waals surface area contributed by atoms with Gasteiger partial charge in [-0.1, -0.05) is 30.3 Å². The third kappa shape index (κ3) is 5.14. The second kappa shape index (κ2) is 8.50. The molecule has 20 heavy (non-hydrogen) atoms. The van der Waals surface area contributed by atoms with Gasteiger partial charge in [0, 0.05) is 18.8 Å². The van der Waals surface area contributed by atoms with Gasteiger partial charge in [-0.05, 0) is 43.2 Å². The first-order valence-corrected chi connectivity index (χ1v) is 8.06. The molecule has 1 heterocycles. The van der Waals surface area contributed by atoms with Crippen LogP contribution in [0.3, 0.4) is 0 Å². The van der Waals surface area contributed by atoms with E-state index in [1.807, 2.05) is 30.4 Å². The van der Waals surface area contributed by atoms with E-state index in [4.69, 9.17) is 5.26 Å². The lowest BCUT2D eigenvalue weighted by molar-refractivity contribution is 0.309. The van der Waals surface area contributed by atoms with Gasteiger partial charge in [0.1, 0.15) is 6.07 Å². The molecule has 0 atom stereocenters. The third-order valence-electron chi connectivity index (χ3n) is 3.28. The lowest BCUT2D eigenvalue weighted by Gasteiger charge is -2.24. The van der Waals surface area contributed by atoms with Crippen molar-refractivity contribution in [3.63, 3.8) is 0 Å². The maximum Gasteiger partial charge on any atom is 0.106 e. The molecule has 2 nitrogen and oxygen atoms in total. The summed E-state index contributed by atoms with van der Waals surface area (Å²) in [6.07, 6.45) is 9.93. The highest BCUT2D eigenvalue weighted by Crippen LogP contribution is 2.20. The lowest BCUT2D eigenvalue weighted by atomic mass is 10.1. The molecule has 3 heteroatoms. The van der Waals surface area contributed by atoms with E-state index in [1.54, 1.807) is 11.8 Å². The summed E-state index contributed by atoms with van der Waals surface area (Å²) in [6, 6.07) is 12.5.